The lowest BCUT2D eigenvalue weighted by Crippen LogP contribution is -2.33. The molecular weight excluding hydrogens is 402 g/mol. The molecule has 1 aliphatic rings. The lowest BCUT2D eigenvalue weighted by molar-refractivity contribution is 0.279. The molecular formula is C21H25Cl2FN2O2. The summed E-state index contributed by atoms with van der Waals surface area (Å²) in [6.45, 7) is 3.81. The van der Waals surface area contributed by atoms with Crippen LogP contribution < -0.4 is 20.1 Å². The summed E-state index contributed by atoms with van der Waals surface area (Å²) >= 11 is 12.5. The van der Waals surface area contributed by atoms with Crippen molar-refractivity contribution in [3.8, 4) is 11.5 Å². The van der Waals surface area contributed by atoms with Crippen LogP contribution in [0.3, 0.4) is 0 Å². The second kappa shape index (κ2) is 10.3. The van der Waals surface area contributed by atoms with E-state index in [0.29, 0.717) is 34.0 Å². The average molecular weight is 427 g/mol. The van der Waals surface area contributed by atoms with Crippen LogP contribution in [0.2, 0.25) is 10.0 Å². The molecule has 152 valence electrons. The van der Waals surface area contributed by atoms with Gasteiger partial charge in [0.1, 0.15) is 12.4 Å². The van der Waals surface area contributed by atoms with Crippen molar-refractivity contribution in [2.24, 2.45) is 5.92 Å². The topological polar surface area (TPSA) is 42.5 Å². The third-order valence-electron chi connectivity index (χ3n) is 4.93. The third kappa shape index (κ3) is 5.51. The second-order valence-electron chi connectivity index (χ2n) is 6.92. The van der Waals surface area contributed by atoms with E-state index in [9.17, 15) is 4.39 Å². The average Bonchev–Trinajstić information content (AvgIpc) is 2.69. The normalized spacial score (nSPS) is 14.9. The van der Waals surface area contributed by atoms with E-state index in [1.807, 2.05) is 12.1 Å². The number of hydrogen-bond acceptors (Lipinski definition) is 4. The number of piperidine rings is 1. The van der Waals surface area contributed by atoms with Gasteiger partial charge < -0.3 is 20.1 Å². The molecule has 0 atom stereocenters. The van der Waals surface area contributed by atoms with Gasteiger partial charge >= 0.3 is 0 Å². The molecule has 1 heterocycles. The summed E-state index contributed by atoms with van der Waals surface area (Å²) in [5, 5.41) is 7.60. The Bertz CT molecular complexity index is 778. The van der Waals surface area contributed by atoms with Crippen LogP contribution in [0.5, 0.6) is 11.5 Å². The molecule has 28 heavy (non-hydrogen) atoms. The van der Waals surface area contributed by atoms with E-state index in [0.717, 1.165) is 25.2 Å². The van der Waals surface area contributed by atoms with Gasteiger partial charge in [-0.05, 0) is 68.2 Å². The van der Waals surface area contributed by atoms with Gasteiger partial charge in [0.2, 0.25) is 0 Å². The fourth-order valence-corrected chi connectivity index (χ4v) is 3.84. The molecule has 0 amide bonds. The first-order chi connectivity index (χ1) is 13.6. The SMILES string of the molecule is COc1cc(CNCC2CCNCC2)cc(Cl)c1OCc1c(F)cccc1Cl. The Kier molecular flexibility index (Phi) is 7.80. The minimum Gasteiger partial charge on any atom is -0.493 e. The minimum absolute atomic E-state index is 0.0328. The van der Waals surface area contributed by atoms with Crippen molar-refractivity contribution in [2.75, 3.05) is 26.7 Å². The fraction of sp³-hybridized carbons (Fsp3) is 0.429. The molecule has 1 fully saturated rings. The molecule has 0 bridgehead atoms. The summed E-state index contributed by atoms with van der Waals surface area (Å²) in [5.74, 6) is 1.18. The van der Waals surface area contributed by atoms with Crippen LogP contribution in [0.25, 0.3) is 0 Å². The third-order valence-corrected chi connectivity index (χ3v) is 5.57. The lowest BCUT2D eigenvalue weighted by Gasteiger charge is -2.23. The van der Waals surface area contributed by atoms with E-state index >= 15 is 0 Å². The van der Waals surface area contributed by atoms with Crippen LogP contribution in [0.15, 0.2) is 30.3 Å². The van der Waals surface area contributed by atoms with Gasteiger partial charge in [-0.1, -0.05) is 29.3 Å². The monoisotopic (exact) mass is 426 g/mol. The summed E-state index contributed by atoms with van der Waals surface area (Å²) in [4.78, 5) is 0. The maximum absolute atomic E-state index is 14.0. The number of rotatable bonds is 8. The van der Waals surface area contributed by atoms with Gasteiger partial charge in [-0.15, -0.1) is 0 Å². The van der Waals surface area contributed by atoms with E-state index in [2.05, 4.69) is 10.6 Å². The number of benzene rings is 2. The molecule has 0 radical (unpaired) electrons. The second-order valence-corrected chi connectivity index (χ2v) is 7.74. The first-order valence-corrected chi connectivity index (χ1v) is 10.2. The van der Waals surface area contributed by atoms with Crippen molar-refractivity contribution < 1.29 is 13.9 Å². The molecule has 0 aliphatic carbocycles. The Morgan fingerprint density at radius 2 is 1.96 bits per heavy atom. The van der Waals surface area contributed by atoms with E-state index in [1.54, 1.807) is 19.2 Å². The highest BCUT2D eigenvalue weighted by atomic mass is 35.5. The first kappa shape index (κ1) is 21.2. The maximum atomic E-state index is 14.0. The molecule has 0 aromatic heterocycles. The minimum atomic E-state index is -0.415. The molecule has 2 aromatic carbocycles. The van der Waals surface area contributed by atoms with Gasteiger partial charge in [0, 0.05) is 12.1 Å². The van der Waals surface area contributed by atoms with Crippen molar-refractivity contribution in [2.45, 2.75) is 26.0 Å². The lowest BCUT2D eigenvalue weighted by atomic mass is 9.98. The maximum Gasteiger partial charge on any atom is 0.180 e. The highest BCUT2D eigenvalue weighted by molar-refractivity contribution is 6.32. The van der Waals surface area contributed by atoms with Crippen LogP contribution in [0.4, 0.5) is 4.39 Å². The molecule has 0 spiro atoms. The van der Waals surface area contributed by atoms with Crippen LogP contribution >= 0.6 is 23.2 Å². The predicted octanol–water partition coefficient (Wildman–Crippen LogP) is 4.81. The zero-order chi connectivity index (χ0) is 19.9. The molecule has 2 aromatic rings. The smallest absolute Gasteiger partial charge is 0.180 e. The Hall–Kier alpha value is -1.53. The summed E-state index contributed by atoms with van der Waals surface area (Å²) < 4.78 is 25.1. The number of methoxy groups -OCH3 is 1. The largest absolute Gasteiger partial charge is 0.493 e. The van der Waals surface area contributed by atoms with Crippen molar-refractivity contribution in [1.29, 1.82) is 0 Å². The zero-order valence-corrected chi connectivity index (χ0v) is 17.4. The van der Waals surface area contributed by atoms with Gasteiger partial charge in [0.25, 0.3) is 0 Å². The van der Waals surface area contributed by atoms with E-state index in [-0.39, 0.29) is 12.2 Å². The van der Waals surface area contributed by atoms with E-state index in [1.165, 1.54) is 18.9 Å². The molecule has 0 saturated carbocycles. The van der Waals surface area contributed by atoms with Crippen LogP contribution in [0, 0.1) is 11.7 Å². The van der Waals surface area contributed by atoms with Crippen molar-refractivity contribution in [1.82, 2.24) is 10.6 Å². The molecule has 0 unspecified atom stereocenters. The number of nitrogens with one attached hydrogen (secondary N) is 2. The highest BCUT2D eigenvalue weighted by Gasteiger charge is 2.16. The molecule has 1 saturated heterocycles. The van der Waals surface area contributed by atoms with Crippen molar-refractivity contribution in [3.05, 3.63) is 57.3 Å². The molecule has 7 heteroatoms. The Morgan fingerprint density at radius 1 is 1.18 bits per heavy atom. The Balaban J connectivity index is 1.64. The van der Waals surface area contributed by atoms with Crippen LogP contribution in [-0.2, 0) is 13.2 Å². The number of hydrogen-bond donors (Lipinski definition) is 2. The van der Waals surface area contributed by atoms with Gasteiger partial charge in [0.05, 0.1) is 17.2 Å². The predicted molar refractivity (Wildman–Crippen MR) is 111 cm³/mol. The van der Waals surface area contributed by atoms with Crippen LogP contribution in [0.1, 0.15) is 24.0 Å². The number of halogens is 3. The quantitative estimate of drug-likeness (QED) is 0.635. The van der Waals surface area contributed by atoms with Crippen molar-refractivity contribution >= 4 is 23.2 Å². The van der Waals surface area contributed by atoms with Gasteiger partial charge in [-0.2, -0.15) is 0 Å². The van der Waals surface area contributed by atoms with Gasteiger partial charge in [-0.25, -0.2) is 4.39 Å². The highest BCUT2D eigenvalue weighted by Crippen LogP contribution is 2.37. The standard InChI is InChI=1S/C21H25Cl2FN2O2/c1-27-20-10-15(12-26-11-14-5-7-25-8-6-14)9-18(23)21(20)28-13-16-17(22)3-2-4-19(16)24/h2-4,9-10,14,25-26H,5-8,11-13H2,1H3. The van der Waals surface area contributed by atoms with Gasteiger partial charge in [-0.3, -0.25) is 0 Å². The Labute approximate surface area is 175 Å². The fourth-order valence-electron chi connectivity index (χ4n) is 3.34. The molecule has 3 rings (SSSR count). The van der Waals surface area contributed by atoms with Crippen LogP contribution in [-0.4, -0.2) is 26.7 Å². The van der Waals surface area contributed by atoms with E-state index < -0.39 is 5.82 Å². The molecule has 4 nitrogen and oxygen atoms in total. The summed E-state index contributed by atoms with van der Waals surface area (Å²) in [6, 6.07) is 8.26. The van der Waals surface area contributed by atoms with Gasteiger partial charge in [0.15, 0.2) is 11.5 Å². The molecule has 1 aliphatic heterocycles. The number of ether oxygens (including phenoxy) is 2. The zero-order valence-electron chi connectivity index (χ0n) is 15.9. The Morgan fingerprint density at radius 3 is 2.68 bits per heavy atom. The first-order valence-electron chi connectivity index (χ1n) is 9.42. The molecule has 2 N–H and O–H groups in total. The summed E-state index contributed by atoms with van der Waals surface area (Å²) in [5.41, 5.74) is 1.29. The summed E-state index contributed by atoms with van der Waals surface area (Å²) in [6.07, 6.45) is 2.39. The van der Waals surface area contributed by atoms with E-state index in [4.69, 9.17) is 32.7 Å². The van der Waals surface area contributed by atoms with Crippen molar-refractivity contribution in [3.63, 3.8) is 0 Å². The summed E-state index contributed by atoms with van der Waals surface area (Å²) in [7, 11) is 1.56.